The van der Waals surface area contributed by atoms with Gasteiger partial charge in [-0.25, -0.2) is 0 Å². The van der Waals surface area contributed by atoms with Crippen LogP contribution in [0.15, 0.2) is 24.3 Å². The van der Waals surface area contributed by atoms with Gasteiger partial charge in [-0.3, -0.25) is 4.79 Å². The van der Waals surface area contributed by atoms with E-state index in [-0.39, 0.29) is 6.04 Å². The van der Waals surface area contributed by atoms with Gasteiger partial charge in [0.1, 0.15) is 0 Å². The standard InChI is InChI=1S/C16H23NO/c1-2-3-4-5-6-11-15-16(18)12-13-9-7-8-10-14(13)17-15/h7-10,15,17H,2-6,11-12H2,1H3. The molecule has 2 nitrogen and oxygen atoms in total. The van der Waals surface area contributed by atoms with E-state index in [1.54, 1.807) is 0 Å². The Morgan fingerprint density at radius 1 is 1.17 bits per heavy atom. The highest BCUT2D eigenvalue weighted by Gasteiger charge is 2.24. The summed E-state index contributed by atoms with van der Waals surface area (Å²) >= 11 is 0. The Labute approximate surface area is 110 Å². The topological polar surface area (TPSA) is 29.1 Å². The lowest BCUT2D eigenvalue weighted by Crippen LogP contribution is -2.35. The van der Waals surface area contributed by atoms with Crippen LogP contribution in [-0.2, 0) is 11.2 Å². The van der Waals surface area contributed by atoms with Crippen LogP contribution in [-0.4, -0.2) is 11.8 Å². The number of para-hydroxylation sites is 1. The van der Waals surface area contributed by atoms with Crippen molar-refractivity contribution in [3.05, 3.63) is 29.8 Å². The smallest absolute Gasteiger partial charge is 0.159 e. The zero-order valence-corrected chi connectivity index (χ0v) is 11.2. The summed E-state index contributed by atoms with van der Waals surface area (Å²) in [5, 5.41) is 3.39. The molecule has 0 bridgehead atoms. The molecule has 1 aliphatic heterocycles. The fourth-order valence-electron chi connectivity index (χ4n) is 2.58. The van der Waals surface area contributed by atoms with Crippen molar-refractivity contribution >= 4 is 11.5 Å². The number of fused-ring (bicyclic) bond motifs is 1. The van der Waals surface area contributed by atoms with Crippen LogP contribution in [0, 0.1) is 0 Å². The molecule has 1 aliphatic rings. The Balaban J connectivity index is 1.82. The molecule has 1 N–H and O–H groups in total. The first-order chi connectivity index (χ1) is 8.81. The largest absolute Gasteiger partial charge is 0.375 e. The number of carbonyl (C=O) groups excluding carboxylic acids is 1. The number of hydrogen-bond donors (Lipinski definition) is 1. The summed E-state index contributed by atoms with van der Waals surface area (Å²) in [5.41, 5.74) is 2.29. The lowest BCUT2D eigenvalue weighted by Gasteiger charge is -2.25. The van der Waals surface area contributed by atoms with Gasteiger partial charge in [-0.1, -0.05) is 57.2 Å². The van der Waals surface area contributed by atoms with E-state index in [9.17, 15) is 4.79 Å². The van der Waals surface area contributed by atoms with Gasteiger partial charge in [0, 0.05) is 12.1 Å². The molecule has 2 heteroatoms. The lowest BCUT2D eigenvalue weighted by molar-refractivity contribution is -0.119. The molecule has 18 heavy (non-hydrogen) atoms. The van der Waals surface area contributed by atoms with E-state index in [2.05, 4.69) is 18.3 Å². The average molecular weight is 245 g/mol. The second kappa shape index (κ2) is 6.58. The Morgan fingerprint density at radius 2 is 1.94 bits per heavy atom. The van der Waals surface area contributed by atoms with Crippen molar-refractivity contribution in [2.24, 2.45) is 0 Å². The summed E-state index contributed by atoms with van der Waals surface area (Å²) in [4.78, 5) is 12.0. The summed E-state index contributed by atoms with van der Waals surface area (Å²) in [6.45, 7) is 2.23. The molecule has 0 amide bonds. The Hall–Kier alpha value is -1.31. The Kier molecular flexibility index (Phi) is 4.80. The molecule has 1 aromatic rings. The van der Waals surface area contributed by atoms with Crippen molar-refractivity contribution in [1.29, 1.82) is 0 Å². The summed E-state index contributed by atoms with van der Waals surface area (Å²) in [7, 11) is 0. The van der Waals surface area contributed by atoms with Crippen LogP contribution in [0.5, 0.6) is 0 Å². The number of unbranched alkanes of at least 4 members (excludes halogenated alkanes) is 4. The molecular weight excluding hydrogens is 222 g/mol. The van der Waals surface area contributed by atoms with E-state index in [1.165, 1.54) is 25.7 Å². The SMILES string of the molecule is CCCCCCCC1Nc2ccccc2CC1=O. The van der Waals surface area contributed by atoms with Gasteiger partial charge in [0.05, 0.1) is 6.04 Å². The molecular formula is C16H23NO. The summed E-state index contributed by atoms with van der Waals surface area (Å²) in [6.07, 6.45) is 7.88. The quantitative estimate of drug-likeness (QED) is 0.769. The van der Waals surface area contributed by atoms with Crippen LogP contribution in [0.3, 0.4) is 0 Å². The van der Waals surface area contributed by atoms with E-state index < -0.39 is 0 Å². The van der Waals surface area contributed by atoms with Crippen molar-refractivity contribution in [2.75, 3.05) is 5.32 Å². The van der Waals surface area contributed by atoms with E-state index in [4.69, 9.17) is 0 Å². The minimum Gasteiger partial charge on any atom is -0.375 e. The average Bonchev–Trinajstić information content (AvgIpc) is 2.39. The third-order valence-electron chi connectivity index (χ3n) is 3.70. The van der Waals surface area contributed by atoms with Crippen molar-refractivity contribution in [1.82, 2.24) is 0 Å². The first-order valence-corrected chi connectivity index (χ1v) is 7.18. The maximum absolute atomic E-state index is 12.0. The van der Waals surface area contributed by atoms with Gasteiger partial charge < -0.3 is 5.32 Å². The maximum atomic E-state index is 12.0. The zero-order chi connectivity index (χ0) is 12.8. The maximum Gasteiger partial charge on any atom is 0.159 e. The molecule has 0 saturated heterocycles. The molecule has 1 heterocycles. The summed E-state index contributed by atoms with van der Waals surface area (Å²) < 4.78 is 0. The molecule has 0 saturated carbocycles. The normalized spacial score (nSPS) is 18.3. The number of nitrogens with one attached hydrogen (secondary N) is 1. The summed E-state index contributed by atoms with van der Waals surface area (Å²) in [5.74, 6) is 0.351. The van der Waals surface area contributed by atoms with E-state index in [0.717, 1.165) is 24.1 Å². The molecule has 0 aromatic heterocycles. The van der Waals surface area contributed by atoms with Gasteiger partial charge in [-0.2, -0.15) is 0 Å². The van der Waals surface area contributed by atoms with Crippen LogP contribution < -0.4 is 5.32 Å². The number of hydrogen-bond acceptors (Lipinski definition) is 2. The first kappa shape index (κ1) is 13.1. The predicted octanol–water partition coefficient (Wildman–Crippen LogP) is 3.95. The van der Waals surface area contributed by atoms with Gasteiger partial charge in [0.15, 0.2) is 5.78 Å². The number of anilines is 1. The molecule has 2 rings (SSSR count). The molecule has 0 aliphatic carbocycles. The summed E-state index contributed by atoms with van der Waals surface area (Å²) in [6, 6.07) is 8.18. The number of rotatable bonds is 6. The highest BCUT2D eigenvalue weighted by molar-refractivity contribution is 5.92. The Morgan fingerprint density at radius 3 is 2.78 bits per heavy atom. The highest BCUT2D eigenvalue weighted by atomic mass is 16.1. The fourth-order valence-corrected chi connectivity index (χ4v) is 2.58. The monoisotopic (exact) mass is 245 g/mol. The minimum absolute atomic E-state index is 0.0431. The molecule has 0 fully saturated rings. The third kappa shape index (κ3) is 3.34. The van der Waals surface area contributed by atoms with Crippen LogP contribution in [0.1, 0.15) is 51.0 Å². The Bertz CT molecular complexity index is 400. The second-order valence-corrected chi connectivity index (χ2v) is 5.20. The van der Waals surface area contributed by atoms with Crippen molar-refractivity contribution in [3.8, 4) is 0 Å². The van der Waals surface area contributed by atoms with E-state index in [0.29, 0.717) is 12.2 Å². The number of Topliss-reactive ketones (excluding diaryl/α,β-unsaturated/α-hetero) is 1. The minimum atomic E-state index is 0.0431. The van der Waals surface area contributed by atoms with Crippen LogP contribution >= 0.6 is 0 Å². The third-order valence-corrected chi connectivity index (χ3v) is 3.70. The molecule has 1 unspecified atom stereocenters. The predicted molar refractivity (Wildman–Crippen MR) is 75.9 cm³/mol. The van der Waals surface area contributed by atoms with Gasteiger partial charge in [-0.15, -0.1) is 0 Å². The van der Waals surface area contributed by atoms with Crippen molar-refractivity contribution < 1.29 is 4.79 Å². The van der Waals surface area contributed by atoms with Crippen LogP contribution in [0.25, 0.3) is 0 Å². The first-order valence-electron chi connectivity index (χ1n) is 7.18. The van der Waals surface area contributed by atoms with Gasteiger partial charge in [-0.05, 0) is 18.1 Å². The molecule has 0 spiro atoms. The lowest BCUT2D eigenvalue weighted by atomic mass is 9.93. The number of ketones is 1. The zero-order valence-electron chi connectivity index (χ0n) is 11.2. The fraction of sp³-hybridized carbons (Fsp3) is 0.562. The van der Waals surface area contributed by atoms with Crippen LogP contribution in [0.4, 0.5) is 5.69 Å². The van der Waals surface area contributed by atoms with Gasteiger partial charge in [0.25, 0.3) is 0 Å². The van der Waals surface area contributed by atoms with Gasteiger partial charge >= 0.3 is 0 Å². The van der Waals surface area contributed by atoms with E-state index >= 15 is 0 Å². The second-order valence-electron chi connectivity index (χ2n) is 5.20. The van der Waals surface area contributed by atoms with E-state index in [1.807, 2.05) is 18.2 Å². The molecule has 98 valence electrons. The molecule has 0 radical (unpaired) electrons. The van der Waals surface area contributed by atoms with Crippen LogP contribution in [0.2, 0.25) is 0 Å². The highest BCUT2D eigenvalue weighted by Crippen LogP contribution is 2.24. The number of benzene rings is 1. The number of carbonyl (C=O) groups is 1. The molecule has 1 aromatic carbocycles. The van der Waals surface area contributed by atoms with Gasteiger partial charge in [0.2, 0.25) is 0 Å². The van der Waals surface area contributed by atoms with Crippen molar-refractivity contribution in [3.63, 3.8) is 0 Å². The molecule has 1 atom stereocenters. The van der Waals surface area contributed by atoms with Crippen molar-refractivity contribution in [2.45, 2.75) is 57.9 Å².